The maximum atomic E-state index is 11.3. The van der Waals surface area contributed by atoms with Gasteiger partial charge in [0, 0.05) is 4.91 Å². The monoisotopic (exact) mass is 221 g/mol. The molecule has 0 radical (unpaired) electrons. The molecule has 0 saturated carbocycles. The van der Waals surface area contributed by atoms with Gasteiger partial charge in [0.1, 0.15) is 0 Å². The van der Waals surface area contributed by atoms with Crippen LogP contribution in [0.4, 0.5) is 0 Å². The Bertz CT molecular complexity index is 401. The summed E-state index contributed by atoms with van der Waals surface area (Å²) >= 11 is 0. The van der Waals surface area contributed by atoms with Crippen LogP contribution in [0, 0.1) is 0 Å². The van der Waals surface area contributed by atoms with Gasteiger partial charge in [-0.05, 0) is 11.1 Å². The number of hydrogen-bond donors (Lipinski definition) is 1. The van der Waals surface area contributed by atoms with E-state index in [0.29, 0.717) is 5.56 Å². The van der Waals surface area contributed by atoms with Crippen LogP contribution in [0.3, 0.4) is 0 Å². The Morgan fingerprint density at radius 2 is 2.12 bits per heavy atom. The number of esters is 1. The van der Waals surface area contributed by atoms with Crippen LogP contribution in [0.15, 0.2) is 35.4 Å². The lowest BCUT2D eigenvalue weighted by atomic mass is 10.0. The van der Waals surface area contributed by atoms with Gasteiger partial charge in [0.25, 0.3) is 0 Å². The first kappa shape index (κ1) is 12.0. The molecule has 0 aliphatic heterocycles. The molecule has 0 fully saturated rings. The Balaban J connectivity index is 2.96. The van der Waals surface area contributed by atoms with Crippen LogP contribution < -0.4 is 0 Å². The summed E-state index contributed by atoms with van der Waals surface area (Å²) in [6.45, 7) is 0. The van der Waals surface area contributed by atoms with Crippen LogP contribution in [-0.4, -0.2) is 24.2 Å². The first-order valence-corrected chi connectivity index (χ1v) is 4.55. The lowest BCUT2D eigenvalue weighted by Gasteiger charge is -2.16. The Labute approximate surface area is 92.1 Å². The van der Waals surface area contributed by atoms with Crippen LogP contribution in [0.2, 0.25) is 0 Å². The van der Waals surface area contributed by atoms with Crippen molar-refractivity contribution in [1.82, 2.24) is 0 Å². The molecule has 1 rings (SSSR count). The summed E-state index contributed by atoms with van der Waals surface area (Å²) in [7, 11) is 1.17. The fourth-order valence-electron chi connectivity index (χ4n) is 1.25. The van der Waals surface area contributed by atoms with E-state index in [1.54, 1.807) is 30.3 Å². The van der Waals surface area contributed by atoms with E-state index in [-0.39, 0.29) is 0 Å². The molecule has 0 unspecified atom stereocenters. The molecule has 0 spiro atoms. The predicted molar refractivity (Wildman–Crippen MR) is 56.4 cm³/mol. The molecule has 6 nitrogen and oxygen atoms in total. The fourth-order valence-corrected chi connectivity index (χ4v) is 1.25. The number of aliphatic hydroxyl groups is 1. The average Bonchev–Trinajstić information content (AvgIpc) is 2.35. The minimum absolute atomic E-state index is 0.491. The number of hydrogen-bond acceptors (Lipinski definition) is 4. The van der Waals surface area contributed by atoms with Gasteiger partial charge in [0.2, 0.25) is 0 Å². The summed E-state index contributed by atoms with van der Waals surface area (Å²) in [6, 6.07) is 7.20. The number of benzene rings is 1. The third-order valence-electron chi connectivity index (χ3n) is 2.06. The summed E-state index contributed by atoms with van der Waals surface area (Å²) in [5, 5.41) is 13.1. The first-order valence-electron chi connectivity index (χ1n) is 4.55. The van der Waals surface area contributed by atoms with E-state index in [4.69, 9.17) is 5.53 Å². The van der Waals surface area contributed by atoms with Gasteiger partial charge in [-0.2, -0.15) is 0 Å². The van der Waals surface area contributed by atoms with Crippen molar-refractivity contribution in [2.45, 2.75) is 12.1 Å². The molecule has 84 valence electrons. The molecular weight excluding hydrogens is 210 g/mol. The van der Waals surface area contributed by atoms with Crippen molar-refractivity contribution in [1.29, 1.82) is 0 Å². The number of rotatable bonds is 4. The molecule has 16 heavy (non-hydrogen) atoms. The van der Waals surface area contributed by atoms with Crippen LogP contribution >= 0.6 is 0 Å². The molecule has 1 N–H and O–H groups in total. The van der Waals surface area contributed by atoms with Crippen LogP contribution in [-0.2, 0) is 9.53 Å². The van der Waals surface area contributed by atoms with Crippen molar-refractivity contribution in [2.24, 2.45) is 5.11 Å². The largest absolute Gasteiger partial charge is 0.469 e. The van der Waals surface area contributed by atoms with Crippen LogP contribution in [0.5, 0.6) is 0 Å². The Morgan fingerprint density at radius 1 is 1.50 bits per heavy atom. The molecule has 0 amide bonds. The number of aliphatic hydroxyl groups excluding tert-OH is 1. The fraction of sp³-hybridized carbons (Fsp3) is 0.300. The molecule has 0 aliphatic carbocycles. The highest BCUT2D eigenvalue weighted by molar-refractivity contribution is 5.76. The number of nitrogens with zero attached hydrogens (tertiary/aromatic N) is 3. The molecule has 0 aliphatic rings. The minimum atomic E-state index is -1.27. The smallest absolute Gasteiger partial charge is 0.317 e. The third-order valence-corrected chi connectivity index (χ3v) is 2.06. The lowest BCUT2D eigenvalue weighted by Crippen LogP contribution is -2.27. The minimum Gasteiger partial charge on any atom is -0.469 e. The maximum Gasteiger partial charge on any atom is 0.317 e. The summed E-state index contributed by atoms with van der Waals surface area (Å²) in [4.78, 5) is 13.8. The third kappa shape index (κ3) is 2.73. The van der Waals surface area contributed by atoms with Gasteiger partial charge in [-0.25, -0.2) is 0 Å². The van der Waals surface area contributed by atoms with Gasteiger partial charge in [-0.3, -0.25) is 4.79 Å². The van der Waals surface area contributed by atoms with Crippen molar-refractivity contribution < 1.29 is 14.6 Å². The normalized spacial score (nSPS) is 13.4. The van der Waals surface area contributed by atoms with Crippen LogP contribution in [0.25, 0.3) is 10.4 Å². The summed E-state index contributed by atoms with van der Waals surface area (Å²) in [5.74, 6) is -0.769. The molecule has 1 aromatic carbocycles. The number of carbonyl (C=O) groups is 1. The molecule has 0 aromatic heterocycles. The number of methoxy groups -OCH3 is 1. The Hall–Kier alpha value is -2.04. The quantitative estimate of drug-likeness (QED) is 0.361. The molecule has 2 atom stereocenters. The lowest BCUT2D eigenvalue weighted by molar-refractivity contribution is -0.144. The zero-order valence-electron chi connectivity index (χ0n) is 8.65. The van der Waals surface area contributed by atoms with E-state index < -0.39 is 18.1 Å². The Kier molecular flexibility index (Phi) is 4.32. The van der Waals surface area contributed by atoms with Crippen molar-refractivity contribution in [3.8, 4) is 0 Å². The molecule has 1 aromatic rings. The van der Waals surface area contributed by atoms with Crippen molar-refractivity contribution in [3.05, 3.63) is 46.3 Å². The highest BCUT2D eigenvalue weighted by atomic mass is 16.5. The van der Waals surface area contributed by atoms with E-state index in [1.165, 1.54) is 7.11 Å². The SMILES string of the molecule is COC(=O)[C@@H](N=[N+]=[N-])[C@H](O)c1ccccc1. The van der Waals surface area contributed by atoms with E-state index in [9.17, 15) is 9.90 Å². The van der Waals surface area contributed by atoms with Gasteiger partial charge < -0.3 is 9.84 Å². The molecular formula is C10H11N3O3. The number of azide groups is 1. The van der Waals surface area contributed by atoms with Crippen molar-refractivity contribution >= 4 is 5.97 Å². The van der Waals surface area contributed by atoms with E-state index in [1.807, 2.05) is 0 Å². The second-order valence-corrected chi connectivity index (χ2v) is 3.03. The zero-order valence-corrected chi connectivity index (χ0v) is 8.65. The van der Waals surface area contributed by atoms with Gasteiger partial charge >= 0.3 is 5.97 Å². The van der Waals surface area contributed by atoms with Crippen LogP contribution in [0.1, 0.15) is 11.7 Å². The zero-order chi connectivity index (χ0) is 12.0. The van der Waals surface area contributed by atoms with E-state index in [0.717, 1.165) is 0 Å². The number of carbonyl (C=O) groups excluding carboxylic acids is 1. The van der Waals surface area contributed by atoms with Gasteiger partial charge in [0.15, 0.2) is 6.04 Å². The van der Waals surface area contributed by atoms with Crippen molar-refractivity contribution in [3.63, 3.8) is 0 Å². The Morgan fingerprint density at radius 3 is 2.62 bits per heavy atom. The number of ether oxygens (including phenoxy) is 1. The second-order valence-electron chi connectivity index (χ2n) is 3.03. The van der Waals surface area contributed by atoms with Gasteiger partial charge in [-0.1, -0.05) is 35.4 Å². The van der Waals surface area contributed by atoms with E-state index in [2.05, 4.69) is 14.8 Å². The van der Waals surface area contributed by atoms with Crippen molar-refractivity contribution in [2.75, 3.05) is 7.11 Å². The average molecular weight is 221 g/mol. The van der Waals surface area contributed by atoms with E-state index >= 15 is 0 Å². The topological polar surface area (TPSA) is 95.3 Å². The standard InChI is InChI=1S/C10H11N3O3/c1-16-10(15)8(12-13-11)9(14)7-5-3-2-4-6-7/h2-6,8-9,14H,1H3/t8-,9+/m0/s1. The van der Waals surface area contributed by atoms with Gasteiger partial charge in [0.05, 0.1) is 13.2 Å². The highest BCUT2D eigenvalue weighted by Gasteiger charge is 2.27. The second kappa shape index (κ2) is 5.75. The summed E-state index contributed by atoms with van der Waals surface area (Å²) in [5.41, 5.74) is 8.81. The first-order chi connectivity index (χ1) is 7.70. The van der Waals surface area contributed by atoms with Gasteiger partial charge in [-0.15, -0.1) is 0 Å². The highest BCUT2D eigenvalue weighted by Crippen LogP contribution is 2.19. The summed E-state index contributed by atoms with van der Waals surface area (Å²) in [6.07, 6.45) is -1.20. The molecule has 0 bridgehead atoms. The predicted octanol–water partition coefficient (Wildman–Crippen LogP) is 1.57. The molecule has 6 heteroatoms. The molecule has 0 saturated heterocycles. The maximum absolute atomic E-state index is 11.3. The summed E-state index contributed by atoms with van der Waals surface area (Å²) < 4.78 is 4.44. The molecule has 0 heterocycles.